The number of aryl methyl sites for hydroxylation is 1. The Morgan fingerprint density at radius 3 is 2.67 bits per heavy atom. The van der Waals surface area contributed by atoms with Gasteiger partial charge in [-0.25, -0.2) is 9.86 Å². The van der Waals surface area contributed by atoms with Crippen LogP contribution >= 0.6 is 0 Å². The van der Waals surface area contributed by atoms with Gasteiger partial charge in [0.2, 0.25) is 0 Å². The van der Waals surface area contributed by atoms with Crippen molar-refractivity contribution in [3.05, 3.63) is 35.4 Å². The van der Waals surface area contributed by atoms with Gasteiger partial charge in [-0.2, -0.15) is 8.42 Å². The van der Waals surface area contributed by atoms with Crippen molar-refractivity contribution in [3.8, 4) is 0 Å². The first-order valence-corrected chi connectivity index (χ1v) is 6.27. The maximum absolute atomic E-state index is 10.7. The lowest BCUT2D eigenvalue weighted by Crippen LogP contribution is -2.33. The van der Waals surface area contributed by atoms with Gasteiger partial charge in [0.15, 0.2) is 0 Å². The Balaban J connectivity index is 2.65. The maximum Gasteiger partial charge on any atom is 0.274 e. The first-order chi connectivity index (χ1) is 6.88. The topological polar surface area (TPSA) is 72.2 Å². The predicted molar refractivity (Wildman–Crippen MR) is 60.7 cm³/mol. The minimum atomic E-state index is -3.59. The molecule has 0 fully saturated rings. The molecule has 0 aliphatic heterocycles. The summed E-state index contributed by atoms with van der Waals surface area (Å²) in [6, 6.07) is 7.97. The summed E-state index contributed by atoms with van der Waals surface area (Å²) < 4.78 is 23.7. The highest BCUT2D eigenvalue weighted by atomic mass is 32.2. The summed E-state index contributed by atoms with van der Waals surface area (Å²) in [6.45, 7) is 4.28. The first-order valence-electron chi connectivity index (χ1n) is 4.72. The van der Waals surface area contributed by atoms with Crippen LogP contribution in [0.15, 0.2) is 24.3 Å². The van der Waals surface area contributed by atoms with Gasteiger partial charge in [-0.3, -0.25) is 0 Å². The number of nitrogens with one attached hydrogen (secondary N) is 1. The van der Waals surface area contributed by atoms with E-state index in [0.717, 1.165) is 11.1 Å². The number of hydrogen-bond acceptors (Lipinski definition) is 2. The smallest absolute Gasteiger partial charge is 0.216 e. The highest BCUT2D eigenvalue weighted by molar-refractivity contribution is 7.87. The first kappa shape index (κ1) is 12.2. The number of hydrogen-bond donors (Lipinski definition) is 2. The van der Waals surface area contributed by atoms with Gasteiger partial charge in [-0.15, -0.1) is 0 Å². The molecule has 0 aromatic heterocycles. The van der Waals surface area contributed by atoms with E-state index < -0.39 is 10.2 Å². The van der Waals surface area contributed by atoms with E-state index in [1.165, 1.54) is 0 Å². The summed E-state index contributed by atoms with van der Waals surface area (Å²) >= 11 is 0. The van der Waals surface area contributed by atoms with Crippen molar-refractivity contribution in [1.82, 2.24) is 4.72 Å². The van der Waals surface area contributed by atoms with E-state index in [-0.39, 0.29) is 5.92 Å². The average Bonchev–Trinajstić information content (AvgIpc) is 2.13. The average molecular weight is 228 g/mol. The molecule has 3 N–H and O–H groups in total. The van der Waals surface area contributed by atoms with Crippen LogP contribution in [0.5, 0.6) is 0 Å². The quantitative estimate of drug-likeness (QED) is 0.803. The lowest BCUT2D eigenvalue weighted by Gasteiger charge is -2.12. The molecule has 0 unspecified atom stereocenters. The Kier molecular flexibility index (Phi) is 3.84. The van der Waals surface area contributed by atoms with Gasteiger partial charge in [0.1, 0.15) is 0 Å². The minimum Gasteiger partial charge on any atom is -0.216 e. The fourth-order valence-electron chi connectivity index (χ4n) is 1.34. The SMILES string of the molecule is Cc1cccc([C@@H](C)CNS(N)(=O)=O)c1. The molecule has 0 saturated carbocycles. The normalized spacial score (nSPS) is 13.8. The van der Waals surface area contributed by atoms with Gasteiger partial charge >= 0.3 is 0 Å². The third-order valence-corrected chi connectivity index (χ3v) is 2.77. The van der Waals surface area contributed by atoms with Crippen molar-refractivity contribution in [2.24, 2.45) is 5.14 Å². The molecule has 1 aromatic carbocycles. The Bertz CT molecular complexity index is 429. The lowest BCUT2D eigenvalue weighted by atomic mass is 10.00. The van der Waals surface area contributed by atoms with Crippen molar-refractivity contribution in [3.63, 3.8) is 0 Å². The van der Waals surface area contributed by atoms with E-state index in [9.17, 15) is 8.42 Å². The van der Waals surface area contributed by atoms with Crippen LogP contribution in [-0.2, 0) is 10.2 Å². The monoisotopic (exact) mass is 228 g/mol. The number of benzene rings is 1. The second-order valence-corrected chi connectivity index (χ2v) is 5.09. The summed E-state index contributed by atoms with van der Waals surface area (Å²) in [7, 11) is -3.59. The van der Waals surface area contributed by atoms with E-state index in [1.54, 1.807) is 0 Å². The van der Waals surface area contributed by atoms with Crippen molar-refractivity contribution in [1.29, 1.82) is 0 Å². The maximum atomic E-state index is 10.7. The summed E-state index contributed by atoms with van der Waals surface area (Å²) in [5.41, 5.74) is 2.26. The number of nitrogens with two attached hydrogens (primary N) is 1. The van der Waals surface area contributed by atoms with Gasteiger partial charge in [0.05, 0.1) is 0 Å². The van der Waals surface area contributed by atoms with E-state index >= 15 is 0 Å². The lowest BCUT2D eigenvalue weighted by molar-refractivity contribution is 0.576. The molecule has 0 saturated heterocycles. The van der Waals surface area contributed by atoms with Gasteiger partial charge in [-0.05, 0) is 18.4 Å². The van der Waals surface area contributed by atoms with Gasteiger partial charge in [0, 0.05) is 6.54 Å². The minimum absolute atomic E-state index is 0.114. The molecule has 1 aromatic rings. The molecule has 84 valence electrons. The van der Waals surface area contributed by atoms with Crippen LogP contribution in [0, 0.1) is 6.92 Å². The predicted octanol–water partition coefficient (Wildman–Crippen LogP) is 0.892. The number of rotatable bonds is 4. The Morgan fingerprint density at radius 1 is 1.47 bits per heavy atom. The van der Waals surface area contributed by atoms with Crippen LogP contribution in [0.2, 0.25) is 0 Å². The van der Waals surface area contributed by atoms with Crippen LogP contribution in [0.1, 0.15) is 24.0 Å². The van der Waals surface area contributed by atoms with Gasteiger partial charge in [-0.1, -0.05) is 36.8 Å². The highest BCUT2D eigenvalue weighted by Gasteiger charge is 2.08. The fourth-order valence-corrected chi connectivity index (χ4v) is 1.82. The summed E-state index contributed by atoms with van der Waals surface area (Å²) in [5.74, 6) is 0.114. The highest BCUT2D eigenvalue weighted by Crippen LogP contribution is 2.15. The zero-order chi connectivity index (χ0) is 11.5. The third-order valence-electron chi connectivity index (χ3n) is 2.20. The molecule has 0 spiro atoms. The molecular formula is C10H16N2O2S. The molecule has 0 aliphatic rings. The van der Waals surface area contributed by atoms with Crippen LogP contribution in [0.4, 0.5) is 0 Å². The Hall–Kier alpha value is -0.910. The fraction of sp³-hybridized carbons (Fsp3) is 0.400. The van der Waals surface area contributed by atoms with Gasteiger partial charge in [0.25, 0.3) is 10.2 Å². The molecule has 0 heterocycles. The largest absolute Gasteiger partial charge is 0.274 e. The van der Waals surface area contributed by atoms with Crippen molar-refractivity contribution < 1.29 is 8.42 Å². The second-order valence-electron chi connectivity index (χ2n) is 3.71. The molecule has 5 heteroatoms. The molecular weight excluding hydrogens is 212 g/mol. The van der Waals surface area contributed by atoms with Crippen molar-refractivity contribution >= 4 is 10.2 Å². The van der Waals surface area contributed by atoms with E-state index in [1.807, 2.05) is 38.1 Å². The third kappa shape index (κ3) is 4.42. The summed E-state index contributed by atoms with van der Waals surface area (Å²) in [6.07, 6.45) is 0. The molecule has 0 bridgehead atoms. The van der Waals surface area contributed by atoms with Crippen LogP contribution in [-0.4, -0.2) is 15.0 Å². The second kappa shape index (κ2) is 4.74. The zero-order valence-corrected chi connectivity index (χ0v) is 9.71. The zero-order valence-electron chi connectivity index (χ0n) is 8.90. The molecule has 15 heavy (non-hydrogen) atoms. The van der Waals surface area contributed by atoms with Crippen molar-refractivity contribution in [2.45, 2.75) is 19.8 Å². The molecule has 4 nitrogen and oxygen atoms in total. The molecule has 0 aliphatic carbocycles. The van der Waals surface area contributed by atoms with E-state index in [0.29, 0.717) is 6.54 Å². The van der Waals surface area contributed by atoms with Gasteiger partial charge < -0.3 is 0 Å². The molecule has 1 rings (SSSR count). The van der Waals surface area contributed by atoms with Crippen LogP contribution < -0.4 is 9.86 Å². The summed E-state index contributed by atoms with van der Waals surface area (Å²) in [4.78, 5) is 0. The molecule has 0 radical (unpaired) electrons. The van der Waals surface area contributed by atoms with Crippen LogP contribution in [0.3, 0.4) is 0 Å². The molecule has 0 amide bonds. The molecule has 1 atom stereocenters. The van der Waals surface area contributed by atoms with E-state index in [2.05, 4.69) is 4.72 Å². The van der Waals surface area contributed by atoms with Crippen LogP contribution in [0.25, 0.3) is 0 Å². The Labute approximate surface area is 90.7 Å². The summed E-state index contributed by atoms with van der Waals surface area (Å²) in [5, 5.41) is 4.85. The Morgan fingerprint density at radius 2 is 2.13 bits per heavy atom. The standard InChI is InChI=1S/C10H16N2O2S/c1-8-4-3-5-10(6-8)9(2)7-12-15(11,13)14/h3-6,9,12H,7H2,1-2H3,(H2,11,13,14)/t9-/m0/s1. The van der Waals surface area contributed by atoms with Crippen molar-refractivity contribution in [2.75, 3.05) is 6.54 Å². The van der Waals surface area contributed by atoms with E-state index in [4.69, 9.17) is 5.14 Å².